The molecule has 0 bridgehead atoms. The first-order chi connectivity index (χ1) is 9.43. The molecule has 0 unspecified atom stereocenters. The molecular formula is C16H36F2P2. The first kappa shape index (κ1) is 20.7. The van der Waals surface area contributed by atoms with Crippen molar-refractivity contribution in [2.24, 2.45) is 0 Å². The Labute approximate surface area is 127 Å². The van der Waals surface area contributed by atoms with E-state index >= 15 is 8.39 Å². The van der Waals surface area contributed by atoms with Crippen molar-refractivity contribution in [1.82, 2.24) is 0 Å². The van der Waals surface area contributed by atoms with E-state index in [0.29, 0.717) is 0 Å². The molecule has 0 rings (SSSR count). The van der Waals surface area contributed by atoms with Gasteiger partial charge in [-0.1, -0.05) is 0 Å². The molecule has 0 aliphatic carbocycles. The van der Waals surface area contributed by atoms with Crippen molar-refractivity contribution in [1.29, 1.82) is 0 Å². The van der Waals surface area contributed by atoms with Gasteiger partial charge >= 0.3 is 127 Å². The van der Waals surface area contributed by atoms with Crippen LogP contribution in [-0.4, -0.2) is 24.6 Å². The van der Waals surface area contributed by atoms with Crippen molar-refractivity contribution in [3.63, 3.8) is 0 Å². The summed E-state index contributed by atoms with van der Waals surface area (Å²) in [5, 5.41) is 0. The molecule has 0 aromatic carbocycles. The average molecular weight is 328 g/mol. The van der Waals surface area contributed by atoms with Gasteiger partial charge < -0.3 is 0 Å². The van der Waals surface area contributed by atoms with Gasteiger partial charge in [-0.25, -0.2) is 0 Å². The van der Waals surface area contributed by atoms with Gasteiger partial charge in [-0.3, -0.25) is 0 Å². The van der Waals surface area contributed by atoms with Crippen molar-refractivity contribution in [2.75, 3.05) is 24.6 Å². The Morgan fingerprint density at radius 3 is 1.30 bits per heavy atom. The number of hydrogen-bond acceptors (Lipinski definition) is 0. The van der Waals surface area contributed by atoms with Crippen LogP contribution in [0.2, 0.25) is 0 Å². The van der Waals surface area contributed by atoms with Crippen LogP contribution in [0.25, 0.3) is 0 Å². The fourth-order valence-electron chi connectivity index (χ4n) is 2.54. The third kappa shape index (κ3) is 7.13. The predicted octanol–water partition coefficient (Wildman–Crippen LogP) is 7.91. The summed E-state index contributed by atoms with van der Waals surface area (Å²) in [5.41, 5.74) is 0. The maximum absolute atomic E-state index is 15.7. The molecule has 0 atom stereocenters. The number of rotatable bonds is 13. The van der Waals surface area contributed by atoms with E-state index < -0.39 is 14.5 Å². The van der Waals surface area contributed by atoms with Crippen LogP contribution in [0.4, 0.5) is 8.39 Å². The Balaban J connectivity index is 5.03. The third-order valence-electron chi connectivity index (χ3n) is 4.03. The number of unbranched alkanes of at least 4 members (excludes halogenated alkanes) is 4. The van der Waals surface area contributed by atoms with Crippen molar-refractivity contribution >= 4 is 14.5 Å². The summed E-state index contributed by atoms with van der Waals surface area (Å²) >= 11 is 0. The Morgan fingerprint density at radius 1 is 0.650 bits per heavy atom. The van der Waals surface area contributed by atoms with Gasteiger partial charge in [0.15, 0.2) is 0 Å². The molecular weight excluding hydrogens is 292 g/mol. The zero-order valence-electron chi connectivity index (χ0n) is 14.1. The van der Waals surface area contributed by atoms with Gasteiger partial charge in [0.2, 0.25) is 0 Å². The van der Waals surface area contributed by atoms with Gasteiger partial charge in [-0.05, 0) is 0 Å². The number of halogens is 2. The fourth-order valence-corrected chi connectivity index (χ4v) is 13.6. The molecule has 0 heterocycles. The summed E-state index contributed by atoms with van der Waals surface area (Å²) in [4.78, 5) is 0. The summed E-state index contributed by atoms with van der Waals surface area (Å²) in [7, 11) is -1.03. The molecule has 0 saturated heterocycles. The van der Waals surface area contributed by atoms with E-state index in [1.807, 2.05) is 13.8 Å². The molecule has 4 heteroatoms. The quantitative estimate of drug-likeness (QED) is 0.301. The van der Waals surface area contributed by atoms with Crippen LogP contribution in [0.5, 0.6) is 0 Å². The molecule has 0 aromatic heterocycles. The predicted molar refractivity (Wildman–Crippen MR) is 95.2 cm³/mol. The summed E-state index contributed by atoms with van der Waals surface area (Å²) in [6.07, 6.45) is 9.52. The van der Waals surface area contributed by atoms with Crippen molar-refractivity contribution < 1.29 is 8.39 Å². The van der Waals surface area contributed by atoms with Crippen LogP contribution in [0.3, 0.4) is 0 Å². The molecule has 0 aliphatic rings. The summed E-state index contributed by atoms with van der Waals surface area (Å²) in [6, 6.07) is 0. The third-order valence-corrected chi connectivity index (χ3v) is 15.3. The normalized spacial score (nSPS) is 14.4. The molecule has 0 nitrogen and oxygen atoms in total. The van der Waals surface area contributed by atoms with Crippen LogP contribution >= 0.6 is 14.5 Å². The SMILES string of the molecule is CCCCP(CCCC)P(F)(F)(CCCC)CCCC. The molecule has 20 heavy (non-hydrogen) atoms. The van der Waals surface area contributed by atoms with E-state index in [4.69, 9.17) is 0 Å². The average Bonchev–Trinajstić information content (AvgIpc) is 2.43. The van der Waals surface area contributed by atoms with Gasteiger partial charge in [0.1, 0.15) is 0 Å². The van der Waals surface area contributed by atoms with E-state index in [1.165, 1.54) is 0 Å². The monoisotopic (exact) mass is 328 g/mol. The van der Waals surface area contributed by atoms with Crippen LogP contribution < -0.4 is 0 Å². The van der Waals surface area contributed by atoms with E-state index in [-0.39, 0.29) is 12.3 Å². The van der Waals surface area contributed by atoms with Gasteiger partial charge in [-0.2, -0.15) is 0 Å². The Morgan fingerprint density at radius 2 is 1.00 bits per heavy atom. The second-order valence-electron chi connectivity index (χ2n) is 6.01. The van der Waals surface area contributed by atoms with Crippen molar-refractivity contribution in [3.8, 4) is 0 Å². The standard InChI is InChI=1S/C16H36F2P2/c1-5-9-13-19(14-10-6-2)20(17,18,15-11-7-3)16-12-8-4/h5-16H2,1-4H3. The van der Waals surface area contributed by atoms with Gasteiger partial charge in [-0.15, -0.1) is 0 Å². The van der Waals surface area contributed by atoms with E-state index in [9.17, 15) is 0 Å². The first-order valence-electron chi connectivity index (χ1n) is 8.63. The Bertz CT molecular complexity index is 225. The van der Waals surface area contributed by atoms with Crippen molar-refractivity contribution in [2.45, 2.75) is 79.1 Å². The zero-order valence-corrected chi connectivity index (χ0v) is 15.9. The molecule has 0 saturated carbocycles. The number of hydrogen-bond donors (Lipinski definition) is 0. The second kappa shape index (κ2) is 10.4. The molecule has 0 spiro atoms. The second-order valence-corrected chi connectivity index (χ2v) is 15.5. The van der Waals surface area contributed by atoms with E-state index in [0.717, 1.165) is 63.7 Å². The van der Waals surface area contributed by atoms with Gasteiger partial charge in [0, 0.05) is 0 Å². The topological polar surface area (TPSA) is 0 Å². The minimum absolute atomic E-state index is 0.251. The fraction of sp³-hybridized carbons (Fsp3) is 1.00. The van der Waals surface area contributed by atoms with Crippen LogP contribution in [-0.2, 0) is 0 Å². The molecule has 0 radical (unpaired) electrons. The molecule has 0 fully saturated rings. The van der Waals surface area contributed by atoms with Gasteiger partial charge in [0.05, 0.1) is 0 Å². The Hall–Kier alpha value is 0.720. The molecule has 0 aromatic rings. The molecule has 124 valence electrons. The Kier molecular flexibility index (Phi) is 10.8. The van der Waals surface area contributed by atoms with Crippen LogP contribution in [0.1, 0.15) is 79.1 Å². The zero-order chi connectivity index (χ0) is 15.5. The van der Waals surface area contributed by atoms with Crippen LogP contribution in [0, 0.1) is 0 Å². The maximum atomic E-state index is 15.7. The summed E-state index contributed by atoms with van der Waals surface area (Å²) in [6.45, 7) is 3.91. The van der Waals surface area contributed by atoms with E-state index in [2.05, 4.69) is 13.8 Å². The summed E-state index contributed by atoms with van der Waals surface area (Å²) < 4.78 is 31.3. The van der Waals surface area contributed by atoms with Gasteiger partial charge in [0.25, 0.3) is 0 Å². The minimum atomic E-state index is -4.41. The summed E-state index contributed by atoms with van der Waals surface area (Å²) in [5.74, 6) is 0. The van der Waals surface area contributed by atoms with Crippen LogP contribution in [0.15, 0.2) is 0 Å². The molecule has 0 aliphatic heterocycles. The first-order valence-corrected chi connectivity index (χ1v) is 13.4. The van der Waals surface area contributed by atoms with Crippen molar-refractivity contribution in [3.05, 3.63) is 0 Å². The van der Waals surface area contributed by atoms with E-state index in [1.54, 1.807) is 0 Å². The molecule has 0 amide bonds. The molecule has 0 N–H and O–H groups in total.